The van der Waals surface area contributed by atoms with Crippen molar-refractivity contribution in [2.75, 3.05) is 0 Å². The SMILES string of the molecule is O=C(c1ccc(F)cc1Cl)c1ccc(Br)c(Cl)c1F. The van der Waals surface area contributed by atoms with E-state index in [0.717, 1.165) is 12.1 Å². The highest BCUT2D eigenvalue weighted by molar-refractivity contribution is 9.10. The van der Waals surface area contributed by atoms with E-state index in [1.165, 1.54) is 18.2 Å². The first-order chi connectivity index (χ1) is 8.91. The quantitative estimate of drug-likeness (QED) is 0.523. The molecule has 0 bridgehead atoms. The lowest BCUT2D eigenvalue weighted by atomic mass is 10.0. The lowest BCUT2D eigenvalue weighted by molar-refractivity contribution is 0.103. The highest BCUT2D eigenvalue weighted by Gasteiger charge is 2.20. The third kappa shape index (κ3) is 2.81. The maximum absolute atomic E-state index is 13.9. The van der Waals surface area contributed by atoms with Gasteiger partial charge in [0.05, 0.1) is 15.6 Å². The topological polar surface area (TPSA) is 17.1 Å². The molecule has 0 aliphatic heterocycles. The average molecular weight is 366 g/mol. The molecule has 0 amide bonds. The van der Waals surface area contributed by atoms with Crippen molar-refractivity contribution in [1.29, 1.82) is 0 Å². The lowest BCUT2D eigenvalue weighted by Gasteiger charge is -2.07. The Balaban J connectivity index is 2.53. The molecule has 0 aliphatic rings. The van der Waals surface area contributed by atoms with Gasteiger partial charge in [-0.3, -0.25) is 4.79 Å². The van der Waals surface area contributed by atoms with Gasteiger partial charge in [0.1, 0.15) is 5.82 Å². The predicted octanol–water partition coefficient (Wildman–Crippen LogP) is 5.27. The first-order valence-electron chi connectivity index (χ1n) is 5.05. The van der Waals surface area contributed by atoms with Crippen LogP contribution in [0, 0.1) is 11.6 Å². The Labute approximate surface area is 126 Å². The summed E-state index contributed by atoms with van der Waals surface area (Å²) in [5, 5.41) is -0.271. The number of benzene rings is 2. The second-order valence-corrected chi connectivity index (χ2v) is 5.32. The van der Waals surface area contributed by atoms with Crippen molar-refractivity contribution in [3.05, 3.63) is 67.6 Å². The van der Waals surface area contributed by atoms with E-state index in [4.69, 9.17) is 23.2 Å². The third-order valence-corrected chi connectivity index (χ3v) is 4.03. The van der Waals surface area contributed by atoms with Crippen molar-refractivity contribution in [2.45, 2.75) is 0 Å². The molecule has 0 atom stereocenters. The van der Waals surface area contributed by atoms with Gasteiger partial charge in [-0.1, -0.05) is 23.2 Å². The van der Waals surface area contributed by atoms with Gasteiger partial charge in [0.15, 0.2) is 11.6 Å². The van der Waals surface area contributed by atoms with Crippen molar-refractivity contribution < 1.29 is 13.6 Å². The van der Waals surface area contributed by atoms with Crippen molar-refractivity contribution in [1.82, 2.24) is 0 Å². The van der Waals surface area contributed by atoms with E-state index in [2.05, 4.69) is 15.9 Å². The summed E-state index contributed by atoms with van der Waals surface area (Å²) >= 11 is 14.5. The summed E-state index contributed by atoms with van der Waals surface area (Å²) in [5.41, 5.74) is -0.206. The molecule has 0 radical (unpaired) electrons. The van der Waals surface area contributed by atoms with Crippen LogP contribution in [0.3, 0.4) is 0 Å². The van der Waals surface area contributed by atoms with Gasteiger partial charge in [0.25, 0.3) is 0 Å². The zero-order valence-electron chi connectivity index (χ0n) is 9.18. The molecule has 2 aromatic carbocycles. The maximum atomic E-state index is 13.9. The molecular formula is C13H5BrCl2F2O. The smallest absolute Gasteiger partial charge is 0.197 e. The summed E-state index contributed by atoms with van der Waals surface area (Å²) in [7, 11) is 0. The zero-order chi connectivity index (χ0) is 14.2. The zero-order valence-corrected chi connectivity index (χ0v) is 12.3. The Hall–Kier alpha value is -0.970. The molecule has 0 aliphatic carbocycles. The normalized spacial score (nSPS) is 10.6. The van der Waals surface area contributed by atoms with E-state index < -0.39 is 17.4 Å². The molecule has 2 aromatic rings. The van der Waals surface area contributed by atoms with Crippen LogP contribution in [0.4, 0.5) is 8.78 Å². The molecule has 6 heteroatoms. The van der Waals surface area contributed by atoms with Crippen LogP contribution in [0.2, 0.25) is 10.0 Å². The van der Waals surface area contributed by atoms with E-state index in [-0.39, 0.29) is 21.2 Å². The molecule has 98 valence electrons. The van der Waals surface area contributed by atoms with Gasteiger partial charge in [0.2, 0.25) is 0 Å². The van der Waals surface area contributed by atoms with E-state index in [9.17, 15) is 13.6 Å². The predicted molar refractivity (Wildman–Crippen MR) is 74.0 cm³/mol. The molecule has 2 rings (SSSR count). The Morgan fingerprint density at radius 2 is 1.68 bits per heavy atom. The number of carbonyl (C=O) groups excluding carboxylic acids is 1. The molecule has 0 aromatic heterocycles. The van der Waals surface area contributed by atoms with E-state index in [0.29, 0.717) is 4.47 Å². The third-order valence-electron chi connectivity index (χ3n) is 2.46. The molecular weight excluding hydrogens is 361 g/mol. The van der Waals surface area contributed by atoms with Crippen LogP contribution in [0.25, 0.3) is 0 Å². The second kappa shape index (κ2) is 5.57. The van der Waals surface area contributed by atoms with Crippen molar-refractivity contribution >= 4 is 44.9 Å². The fraction of sp³-hybridized carbons (Fsp3) is 0. The summed E-state index contributed by atoms with van der Waals surface area (Å²) in [6, 6.07) is 6.02. The number of rotatable bonds is 2. The number of ketones is 1. The van der Waals surface area contributed by atoms with Gasteiger partial charge in [-0.05, 0) is 46.3 Å². The minimum atomic E-state index is -0.846. The van der Waals surface area contributed by atoms with Crippen LogP contribution in [0.1, 0.15) is 15.9 Å². The van der Waals surface area contributed by atoms with Crippen LogP contribution >= 0.6 is 39.1 Å². The minimum absolute atomic E-state index is 0.0142. The van der Waals surface area contributed by atoms with E-state index in [1.807, 2.05) is 0 Å². The van der Waals surface area contributed by atoms with Gasteiger partial charge >= 0.3 is 0 Å². The number of halogens is 5. The average Bonchev–Trinajstić information content (AvgIpc) is 2.35. The lowest BCUT2D eigenvalue weighted by Crippen LogP contribution is -2.06. The Kier molecular flexibility index (Phi) is 4.23. The monoisotopic (exact) mass is 364 g/mol. The fourth-order valence-corrected chi connectivity index (χ4v) is 2.24. The molecule has 0 N–H and O–H groups in total. The molecule has 19 heavy (non-hydrogen) atoms. The van der Waals surface area contributed by atoms with E-state index >= 15 is 0 Å². The van der Waals surface area contributed by atoms with Crippen LogP contribution in [-0.2, 0) is 0 Å². The molecule has 1 nitrogen and oxygen atoms in total. The second-order valence-electron chi connectivity index (χ2n) is 3.68. The molecule has 0 spiro atoms. The Morgan fingerprint density at radius 3 is 2.32 bits per heavy atom. The van der Waals surface area contributed by atoms with Crippen molar-refractivity contribution in [2.24, 2.45) is 0 Å². The first kappa shape index (κ1) is 14.4. The number of carbonyl (C=O) groups is 1. The molecule has 0 heterocycles. The van der Waals surface area contributed by atoms with Crippen LogP contribution in [-0.4, -0.2) is 5.78 Å². The van der Waals surface area contributed by atoms with Gasteiger partial charge in [-0.15, -0.1) is 0 Å². The number of hydrogen-bond acceptors (Lipinski definition) is 1. The standard InChI is InChI=1S/C13H5BrCl2F2O/c14-9-4-3-8(12(18)11(9)16)13(19)7-2-1-6(17)5-10(7)15/h1-5H. The highest BCUT2D eigenvalue weighted by atomic mass is 79.9. The summed E-state index contributed by atoms with van der Waals surface area (Å²) in [6.07, 6.45) is 0. The Bertz CT molecular complexity index is 674. The maximum Gasteiger partial charge on any atom is 0.197 e. The molecule has 0 saturated heterocycles. The molecule has 0 saturated carbocycles. The molecule has 0 fully saturated rings. The fourth-order valence-electron chi connectivity index (χ4n) is 1.52. The minimum Gasteiger partial charge on any atom is -0.288 e. The largest absolute Gasteiger partial charge is 0.288 e. The highest BCUT2D eigenvalue weighted by Crippen LogP contribution is 2.30. The summed E-state index contributed by atoms with van der Waals surface area (Å²) < 4.78 is 27.2. The van der Waals surface area contributed by atoms with Gasteiger partial charge in [-0.25, -0.2) is 8.78 Å². The van der Waals surface area contributed by atoms with Gasteiger partial charge < -0.3 is 0 Å². The van der Waals surface area contributed by atoms with Crippen LogP contribution in [0.15, 0.2) is 34.8 Å². The van der Waals surface area contributed by atoms with Crippen LogP contribution in [0.5, 0.6) is 0 Å². The van der Waals surface area contributed by atoms with Crippen molar-refractivity contribution in [3.63, 3.8) is 0 Å². The summed E-state index contributed by atoms with van der Waals surface area (Å²) in [6.45, 7) is 0. The Morgan fingerprint density at radius 1 is 1.05 bits per heavy atom. The van der Waals surface area contributed by atoms with Crippen molar-refractivity contribution in [3.8, 4) is 0 Å². The number of hydrogen-bond donors (Lipinski definition) is 0. The van der Waals surface area contributed by atoms with Gasteiger partial charge in [-0.2, -0.15) is 0 Å². The van der Waals surface area contributed by atoms with Crippen LogP contribution < -0.4 is 0 Å². The van der Waals surface area contributed by atoms with E-state index in [1.54, 1.807) is 0 Å². The molecule has 0 unspecified atom stereocenters. The first-order valence-corrected chi connectivity index (χ1v) is 6.60. The summed E-state index contributed by atoms with van der Waals surface area (Å²) in [4.78, 5) is 12.1. The summed E-state index contributed by atoms with van der Waals surface area (Å²) in [5.74, 6) is -2.07. The van der Waals surface area contributed by atoms with Gasteiger partial charge in [0, 0.05) is 10.0 Å².